The standard InChI is InChI=1S/C17H14ClF4N5O/c1-8-12(18)7-27(25-8)9(2)17(28)24-10-4-23-26(5-10)6-11-13(19)3-14(20)16(22)15(11)21/h3-5,7,9H,6H2,1-2H3,(H,24,28). The molecule has 3 aromatic rings. The second kappa shape index (κ2) is 7.63. The van der Waals surface area contributed by atoms with Crippen molar-refractivity contribution >= 4 is 23.2 Å². The summed E-state index contributed by atoms with van der Waals surface area (Å²) < 4.78 is 56.3. The number of benzene rings is 1. The molecule has 1 unspecified atom stereocenters. The van der Waals surface area contributed by atoms with E-state index in [-0.39, 0.29) is 11.8 Å². The smallest absolute Gasteiger partial charge is 0.249 e. The number of nitrogens with one attached hydrogen (secondary N) is 1. The molecule has 2 heterocycles. The minimum Gasteiger partial charge on any atom is -0.322 e. The lowest BCUT2D eigenvalue weighted by Gasteiger charge is -2.11. The fourth-order valence-electron chi connectivity index (χ4n) is 2.45. The van der Waals surface area contributed by atoms with Gasteiger partial charge in [0.05, 0.1) is 29.1 Å². The third-order valence-electron chi connectivity index (χ3n) is 4.06. The number of halogens is 5. The lowest BCUT2D eigenvalue weighted by Crippen LogP contribution is -2.24. The maximum atomic E-state index is 13.8. The van der Waals surface area contributed by atoms with Crippen LogP contribution in [0.2, 0.25) is 5.02 Å². The highest BCUT2D eigenvalue weighted by Gasteiger charge is 2.21. The van der Waals surface area contributed by atoms with Gasteiger partial charge in [-0.15, -0.1) is 0 Å². The van der Waals surface area contributed by atoms with Gasteiger partial charge in [0.25, 0.3) is 0 Å². The topological polar surface area (TPSA) is 64.7 Å². The Kier molecular flexibility index (Phi) is 5.41. The SMILES string of the molecule is Cc1nn(C(C)C(=O)Nc2cnn(Cc3c(F)cc(F)c(F)c3F)c2)cc1Cl. The van der Waals surface area contributed by atoms with E-state index in [9.17, 15) is 22.4 Å². The molecule has 0 aliphatic rings. The molecule has 0 spiro atoms. The normalized spacial score (nSPS) is 12.2. The molecule has 0 aliphatic heterocycles. The van der Waals surface area contributed by atoms with Crippen molar-refractivity contribution < 1.29 is 22.4 Å². The molecule has 0 saturated heterocycles. The number of aromatic nitrogens is 4. The number of aryl methyl sites for hydroxylation is 1. The van der Waals surface area contributed by atoms with Gasteiger partial charge in [-0.2, -0.15) is 10.2 Å². The quantitative estimate of drug-likeness (QED) is 0.391. The number of hydrogen-bond acceptors (Lipinski definition) is 3. The first-order valence-electron chi connectivity index (χ1n) is 8.03. The van der Waals surface area contributed by atoms with Crippen molar-refractivity contribution in [1.29, 1.82) is 0 Å². The van der Waals surface area contributed by atoms with Crippen molar-refractivity contribution in [1.82, 2.24) is 19.6 Å². The Labute approximate surface area is 161 Å². The second-order valence-electron chi connectivity index (χ2n) is 6.08. The van der Waals surface area contributed by atoms with Crippen LogP contribution >= 0.6 is 11.6 Å². The number of carbonyl (C=O) groups is 1. The maximum absolute atomic E-state index is 13.8. The van der Waals surface area contributed by atoms with Crippen LogP contribution in [0.3, 0.4) is 0 Å². The van der Waals surface area contributed by atoms with Gasteiger partial charge in [-0.05, 0) is 13.8 Å². The lowest BCUT2D eigenvalue weighted by molar-refractivity contribution is -0.119. The van der Waals surface area contributed by atoms with E-state index in [1.165, 1.54) is 23.3 Å². The predicted molar refractivity (Wildman–Crippen MR) is 92.9 cm³/mol. The van der Waals surface area contributed by atoms with Crippen molar-refractivity contribution in [3.05, 3.63) is 64.2 Å². The van der Waals surface area contributed by atoms with E-state index in [4.69, 9.17) is 11.6 Å². The molecule has 11 heteroatoms. The average molecular weight is 416 g/mol. The highest BCUT2D eigenvalue weighted by molar-refractivity contribution is 6.31. The van der Waals surface area contributed by atoms with E-state index in [0.29, 0.717) is 10.7 Å². The van der Waals surface area contributed by atoms with E-state index in [2.05, 4.69) is 15.5 Å². The Bertz CT molecular complexity index is 1030. The number of hydrogen-bond donors (Lipinski definition) is 1. The van der Waals surface area contributed by atoms with E-state index in [0.717, 1.165) is 4.68 Å². The Balaban J connectivity index is 1.72. The zero-order valence-corrected chi connectivity index (χ0v) is 15.4. The van der Waals surface area contributed by atoms with Gasteiger partial charge >= 0.3 is 0 Å². The molecule has 148 valence electrons. The summed E-state index contributed by atoms with van der Waals surface area (Å²) in [5, 5.41) is 11.0. The summed E-state index contributed by atoms with van der Waals surface area (Å²) >= 11 is 5.93. The first kappa shape index (κ1) is 19.9. The molecule has 1 N–H and O–H groups in total. The molecular formula is C17H14ClF4N5O. The number of anilines is 1. The average Bonchev–Trinajstić information content (AvgIpc) is 3.22. The van der Waals surface area contributed by atoms with Gasteiger partial charge in [0.15, 0.2) is 17.5 Å². The van der Waals surface area contributed by atoms with Crippen LogP contribution in [0.15, 0.2) is 24.7 Å². The van der Waals surface area contributed by atoms with Crippen LogP contribution in [0.1, 0.15) is 24.2 Å². The van der Waals surface area contributed by atoms with Gasteiger partial charge in [0, 0.05) is 24.0 Å². The van der Waals surface area contributed by atoms with Gasteiger partial charge in [0.1, 0.15) is 11.9 Å². The number of carbonyl (C=O) groups excluding carboxylic acids is 1. The molecule has 1 aromatic carbocycles. The largest absolute Gasteiger partial charge is 0.322 e. The van der Waals surface area contributed by atoms with Crippen LogP contribution in [0.5, 0.6) is 0 Å². The summed E-state index contributed by atoms with van der Waals surface area (Å²) in [6, 6.07) is -0.422. The van der Waals surface area contributed by atoms with E-state index in [1.807, 2.05) is 0 Å². The van der Waals surface area contributed by atoms with Crippen molar-refractivity contribution in [2.24, 2.45) is 0 Å². The van der Waals surface area contributed by atoms with Crippen LogP contribution in [0.25, 0.3) is 0 Å². The summed E-state index contributed by atoms with van der Waals surface area (Å²) in [7, 11) is 0. The van der Waals surface area contributed by atoms with Gasteiger partial charge in [-0.25, -0.2) is 17.6 Å². The maximum Gasteiger partial charge on any atom is 0.249 e. The fraction of sp³-hybridized carbons (Fsp3) is 0.235. The number of nitrogens with zero attached hydrogens (tertiary/aromatic N) is 4. The Morgan fingerprint density at radius 2 is 1.93 bits per heavy atom. The monoisotopic (exact) mass is 415 g/mol. The molecule has 0 radical (unpaired) electrons. The molecule has 0 fully saturated rings. The zero-order chi connectivity index (χ0) is 20.6. The molecule has 1 atom stereocenters. The van der Waals surface area contributed by atoms with Crippen molar-refractivity contribution in [2.45, 2.75) is 26.4 Å². The van der Waals surface area contributed by atoms with Crippen LogP contribution in [0.4, 0.5) is 23.2 Å². The third-order valence-corrected chi connectivity index (χ3v) is 4.43. The minimum atomic E-state index is -1.76. The van der Waals surface area contributed by atoms with Crippen molar-refractivity contribution in [3.63, 3.8) is 0 Å². The van der Waals surface area contributed by atoms with Crippen LogP contribution in [0, 0.1) is 30.2 Å². The molecule has 28 heavy (non-hydrogen) atoms. The fourth-order valence-corrected chi connectivity index (χ4v) is 2.59. The minimum absolute atomic E-state index is 0.246. The number of amides is 1. The molecule has 0 bridgehead atoms. The summed E-state index contributed by atoms with van der Waals surface area (Å²) in [5.74, 6) is -6.67. The Hall–Kier alpha value is -2.88. The molecule has 6 nitrogen and oxygen atoms in total. The predicted octanol–water partition coefficient (Wildman–Crippen LogP) is 3.85. The van der Waals surface area contributed by atoms with E-state index >= 15 is 0 Å². The third kappa shape index (κ3) is 3.86. The summed E-state index contributed by atoms with van der Waals surface area (Å²) in [4.78, 5) is 12.3. The Morgan fingerprint density at radius 3 is 2.57 bits per heavy atom. The molecule has 3 rings (SSSR count). The molecule has 2 aromatic heterocycles. The van der Waals surface area contributed by atoms with Gasteiger partial charge in [-0.3, -0.25) is 14.2 Å². The summed E-state index contributed by atoms with van der Waals surface area (Å²) in [6.45, 7) is 2.81. The van der Waals surface area contributed by atoms with Crippen molar-refractivity contribution in [2.75, 3.05) is 5.32 Å². The molecule has 1 amide bonds. The summed E-state index contributed by atoms with van der Waals surface area (Å²) in [6.07, 6.45) is 4.06. The van der Waals surface area contributed by atoms with E-state index < -0.39 is 47.3 Å². The van der Waals surface area contributed by atoms with Crippen LogP contribution in [-0.2, 0) is 11.3 Å². The molecule has 0 aliphatic carbocycles. The van der Waals surface area contributed by atoms with Gasteiger partial charge < -0.3 is 5.32 Å². The summed E-state index contributed by atoms with van der Waals surface area (Å²) in [5.41, 5.74) is 0.134. The van der Waals surface area contributed by atoms with Crippen LogP contribution < -0.4 is 5.32 Å². The van der Waals surface area contributed by atoms with Gasteiger partial charge in [0.2, 0.25) is 5.91 Å². The second-order valence-corrected chi connectivity index (χ2v) is 6.49. The van der Waals surface area contributed by atoms with Crippen molar-refractivity contribution in [3.8, 4) is 0 Å². The number of rotatable bonds is 5. The molecule has 0 saturated carbocycles. The first-order chi connectivity index (χ1) is 13.2. The first-order valence-corrected chi connectivity index (χ1v) is 8.41. The zero-order valence-electron chi connectivity index (χ0n) is 14.7. The highest BCUT2D eigenvalue weighted by Crippen LogP contribution is 2.21. The molecular weight excluding hydrogens is 402 g/mol. The van der Waals surface area contributed by atoms with Crippen LogP contribution in [-0.4, -0.2) is 25.5 Å². The highest BCUT2D eigenvalue weighted by atomic mass is 35.5. The lowest BCUT2D eigenvalue weighted by atomic mass is 10.2. The Morgan fingerprint density at radius 1 is 1.21 bits per heavy atom. The van der Waals surface area contributed by atoms with E-state index in [1.54, 1.807) is 13.8 Å². The van der Waals surface area contributed by atoms with Gasteiger partial charge in [-0.1, -0.05) is 11.6 Å².